The smallest absolute Gasteiger partial charge is 0.348 e. The monoisotopic (exact) mass is 290 g/mol. The highest BCUT2D eigenvalue weighted by atomic mass is 32.1. The van der Waals surface area contributed by atoms with Gasteiger partial charge in [0.2, 0.25) is 0 Å². The average Bonchev–Trinajstić information content (AvgIpc) is 2.91. The molecule has 0 saturated carbocycles. The molecule has 0 unspecified atom stereocenters. The number of aromatic nitrogens is 1. The van der Waals surface area contributed by atoms with Crippen LogP contribution in [0.15, 0.2) is 36.7 Å². The summed E-state index contributed by atoms with van der Waals surface area (Å²) in [6.45, 7) is 2.35. The summed E-state index contributed by atoms with van der Waals surface area (Å²) >= 11 is 1.39. The average molecular weight is 290 g/mol. The van der Waals surface area contributed by atoms with E-state index in [1.165, 1.54) is 11.3 Å². The fourth-order valence-electron chi connectivity index (χ4n) is 1.53. The number of pyridine rings is 1. The maximum absolute atomic E-state index is 11.7. The van der Waals surface area contributed by atoms with E-state index in [0.29, 0.717) is 10.4 Å². The van der Waals surface area contributed by atoms with Gasteiger partial charge in [0.25, 0.3) is 5.91 Å². The van der Waals surface area contributed by atoms with Gasteiger partial charge in [0.05, 0.1) is 6.54 Å². The molecule has 0 saturated heterocycles. The molecule has 20 heavy (non-hydrogen) atoms. The highest BCUT2D eigenvalue weighted by Crippen LogP contribution is 2.15. The van der Waals surface area contributed by atoms with Crippen LogP contribution >= 0.6 is 11.3 Å². The molecule has 0 fully saturated rings. The van der Waals surface area contributed by atoms with Gasteiger partial charge in [-0.1, -0.05) is 0 Å². The number of carbonyl (C=O) groups excluding carboxylic acids is 2. The maximum Gasteiger partial charge on any atom is 0.348 e. The van der Waals surface area contributed by atoms with E-state index < -0.39 is 0 Å². The minimum absolute atomic E-state index is 0.145. The van der Waals surface area contributed by atoms with Crippen LogP contribution in [0.25, 0.3) is 0 Å². The Kier molecular flexibility index (Phi) is 4.84. The molecule has 1 N–H and O–H groups in total. The first-order valence-electron chi connectivity index (χ1n) is 6.08. The third kappa shape index (κ3) is 3.89. The van der Waals surface area contributed by atoms with Gasteiger partial charge in [-0.05, 0) is 31.2 Å². The first-order chi connectivity index (χ1) is 9.66. The second-order valence-electron chi connectivity index (χ2n) is 4.04. The minimum Gasteiger partial charge on any atom is -0.460 e. The number of amides is 1. The van der Waals surface area contributed by atoms with E-state index in [1.54, 1.807) is 30.6 Å². The predicted molar refractivity (Wildman–Crippen MR) is 75.9 cm³/mol. The summed E-state index contributed by atoms with van der Waals surface area (Å²) < 4.78 is 5.07. The van der Waals surface area contributed by atoms with E-state index in [9.17, 15) is 9.59 Å². The Morgan fingerprint density at radius 1 is 1.25 bits per heavy atom. The summed E-state index contributed by atoms with van der Waals surface area (Å²) in [6.07, 6.45) is 3.10. The van der Waals surface area contributed by atoms with E-state index in [2.05, 4.69) is 10.3 Å². The quantitative estimate of drug-likeness (QED) is 0.676. The zero-order valence-corrected chi connectivity index (χ0v) is 11.8. The number of hydrogen-bond donors (Lipinski definition) is 1. The van der Waals surface area contributed by atoms with E-state index in [0.717, 1.165) is 4.88 Å². The van der Waals surface area contributed by atoms with Crippen molar-refractivity contribution in [3.05, 3.63) is 52.0 Å². The van der Waals surface area contributed by atoms with Crippen molar-refractivity contribution >= 4 is 23.2 Å². The Balaban J connectivity index is 1.72. The topological polar surface area (TPSA) is 68.3 Å². The van der Waals surface area contributed by atoms with Gasteiger partial charge in [-0.25, -0.2) is 4.79 Å². The van der Waals surface area contributed by atoms with Gasteiger partial charge in [0.15, 0.2) is 0 Å². The van der Waals surface area contributed by atoms with Gasteiger partial charge in [-0.3, -0.25) is 9.78 Å². The summed E-state index contributed by atoms with van der Waals surface area (Å²) in [6, 6.07) is 6.84. The predicted octanol–water partition coefficient (Wildman–Crippen LogP) is 2.04. The summed E-state index contributed by atoms with van der Waals surface area (Å²) in [5.41, 5.74) is 0.528. The lowest BCUT2D eigenvalue weighted by Crippen LogP contribution is -2.27. The van der Waals surface area contributed by atoms with Crippen molar-refractivity contribution in [2.45, 2.75) is 6.92 Å². The molecule has 5 nitrogen and oxygen atoms in total. The van der Waals surface area contributed by atoms with Gasteiger partial charge < -0.3 is 10.1 Å². The lowest BCUT2D eigenvalue weighted by atomic mass is 10.2. The maximum atomic E-state index is 11.7. The molecule has 2 aromatic rings. The summed E-state index contributed by atoms with van der Waals surface area (Å²) in [7, 11) is 0. The van der Waals surface area contributed by atoms with Crippen LogP contribution in [0.1, 0.15) is 24.9 Å². The number of nitrogens with one attached hydrogen (secondary N) is 1. The molecule has 0 atom stereocenters. The van der Waals surface area contributed by atoms with E-state index in [4.69, 9.17) is 4.74 Å². The Bertz CT molecular complexity index is 595. The summed E-state index contributed by atoms with van der Waals surface area (Å²) in [5, 5.41) is 2.67. The third-order valence-corrected chi connectivity index (χ3v) is 3.49. The fraction of sp³-hybridized carbons (Fsp3) is 0.214. The Morgan fingerprint density at radius 3 is 2.65 bits per heavy atom. The Morgan fingerprint density at radius 2 is 2.00 bits per heavy atom. The zero-order valence-electron chi connectivity index (χ0n) is 11.0. The summed E-state index contributed by atoms with van der Waals surface area (Å²) in [4.78, 5) is 28.8. The number of hydrogen-bond acceptors (Lipinski definition) is 5. The molecule has 0 aromatic carbocycles. The molecule has 2 rings (SSSR count). The largest absolute Gasteiger partial charge is 0.460 e. The lowest BCUT2D eigenvalue weighted by molar-refractivity contribution is 0.0509. The van der Waals surface area contributed by atoms with Crippen LogP contribution < -0.4 is 5.32 Å². The highest BCUT2D eigenvalue weighted by molar-refractivity contribution is 7.13. The molecule has 0 aliphatic rings. The molecule has 104 valence electrons. The van der Waals surface area contributed by atoms with Crippen LogP contribution in [-0.4, -0.2) is 30.0 Å². The van der Waals surface area contributed by atoms with Crippen LogP contribution in [0.4, 0.5) is 0 Å². The lowest BCUT2D eigenvalue weighted by Gasteiger charge is -2.05. The molecular formula is C14H14N2O3S. The summed E-state index contributed by atoms with van der Waals surface area (Å²) in [5.74, 6) is -0.573. The number of rotatable bonds is 5. The number of carbonyl (C=O) groups is 2. The van der Waals surface area contributed by atoms with Gasteiger partial charge >= 0.3 is 5.97 Å². The van der Waals surface area contributed by atoms with Crippen molar-refractivity contribution in [3.63, 3.8) is 0 Å². The van der Waals surface area contributed by atoms with Crippen molar-refractivity contribution in [1.82, 2.24) is 10.3 Å². The first kappa shape index (κ1) is 14.2. The second-order valence-corrected chi connectivity index (χ2v) is 5.33. The van der Waals surface area contributed by atoms with Crippen LogP contribution in [0.5, 0.6) is 0 Å². The molecule has 2 heterocycles. The van der Waals surface area contributed by atoms with E-state index in [1.807, 2.05) is 13.0 Å². The SMILES string of the molecule is Cc1ccc(C(=O)OCCNC(=O)c2ccncc2)s1. The zero-order chi connectivity index (χ0) is 14.4. The van der Waals surface area contributed by atoms with Crippen LogP contribution in [-0.2, 0) is 4.74 Å². The van der Waals surface area contributed by atoms with E-state index in [-0.39, 0.29) is 25.0 Å². The van der Waals surface area contributed by atoms with E-state index >= 15 is 0 Å². The number of nitrogens with zero attached hydrogens (tertiary/aromatic N) is 1. The van der Waals surface area contributed by atoms with Crippen molar-refractivity contribution in [2.75, 3.05) is 13.2 Å². The Hall–Kier alpha value is -2.21. The number of ether oxygens (including phenoxy) is 1. The van der Waals surface area contributed by atoms with Crippen molar-refractivity contribution in [2.24, 2.45) is 0 Å². The van der Waals surface area contributed by atoms with Crippen molar-refractivity contribution in [1.29, 1.82) is 0 Å². The normalized spacial score (nSPS) is 10.1. The molecule has 2 aromatic heterocycles. The molecule has 0 bridgehead atoms. The van der Waals surface area contributed by atoms with Crippen molar-refractivity contribution in [3.8, 4) is 0 Å². The molecule has 6 heteroatoms. The molecule has 0 radical (unpaired) electrons. The molecular weight excluding hydrogens is 276 g/mol. The molecule has 0 spiro atoms. The number of thiophene rings is 1. The molecule has 0 aliphatic heterocycles. The Labute approximate surface area is 120 Å². The molecule has 0 aliphatic carbocycles. The van der Waals surface area contributed by atoms with Crippen molar-refractivity contribution < 1.29 is 14.3 Å². The van der Waals surface area contributed by atoms with Gasteiger partial charge in [0, 0.05) is 22.8 Å². The third-order valence-electron chi connectivity index (χ3n) is 2.50. The first-order valence-corrected chi connectivity index (χ1v) is 6.90. The number of esters is 1. The minimum atomic E-state index is -0.360. The van der Waals surface area contributed by atoms with Crippen LogP contribution in [0.2, 0.25) is 0 Å². The highest BCUT2D eigenvalue weighted by Gasteiger charge is 2.09. The molecule has 1 amide bonds. The van der Waals surface area contributed by atoms with Gasteiger partial charge in [-0.2, -0.15) is 0 Å². The van der Waals surface area contributed by atoms with Crippen LogP contribution in [0, 0.1) is 6.92 Å². The van der Waals surface area contributed by atoms with Gasteiger partial charge in [0.1, 0.15) is 11.5 Å². The second kappa shape index (κ2) is 6.81. The number of aryl methyl sites for hydroxylation is 1. The van der Waals surface area contributed by atoms with Gasteiger partial charge in [-0.15, -0.1) is 11.3 Å². The van der Waals surface area contributed by atoms with Crippen LogP contribution in [0.3, 0.4) is 0 Å². The standard InChI is InChI=1S/C14H14N2O3S/c1-10-2-3-12(20-10)14(18)19-9-8-16-13(17)11-4-6-15-7-5-11/h2-7H,8-9H2,1H3,(H,16,17). The fourth-order valence-corrected chi connectivity index (χ4v) is 2.29.